The van der Waals surface area contributed by atoms with Crippen LogP contribution in [-0.2, 0) is 0 Å². The first-order valence-electron chi connectivity index (χ1n) is 16.2. The summed E-state index contributed by atoms with van der Waals surface area (Å²) in [6.07, 6.45) is 2.02. The molecule has 0 saturated heterocycles. The van der Waals surface area contributed by atoms with E-state index in [1.54, 1.807) is 0 Å². The van der Waals surface area contributed by atoms with Gasteiger partial charge in [-0.2, -0.15) is 0 Å². The molecule has 3 aromatic heterocycles. The number of aryl methyl sites for hydroxylation is 3. The van der Waals surface area contributed by atoms with Gasteiger partial charge in [0, 0.05) is 44.5 Å². The molecule has 0 spiro atoms. The van der Waals surface area contributed by atoms with E-state index in [-0.39, 0.29) is 6.85 Å². The van der Waals surface area contributed by atoms with Gasteiger partial charge in [-0.25, -0.2) is 0 Å². The van der Waals surface area contributed by atoms with E-state index in [1.807, 2.05) is 6.20 Å². The minimum Gasteiger partial charge on any atom is -0.374 e. The smallest absolute Gasteiger partial charge is 0.333 e. The molecule has 11 rings (SSSR count). The third-order valence-electron chi connectivity index (χ3n) is 10.8. The van der Waals surface area contributed by atoms with Gasteiger partial charge in [-0.05, 0) is 95.1 Å². The first-order chi connectivity index (χ1) is 22.6. The van der Waals surface area contributed by atoms with Crippen molar-refractivity contribution in [1.29, 1.82) is 0 Å². The SMILES string of the molecule is Cc1cc(C)c(-c2ccc3c(c2)c2ccnc4c2n3B2c3c(cc5ccccc5c3-4)-n3c4ccccc4c4cccc2c43)c(C)c1. The van der Waals surface area contributed by atoms with Crippen LogP contribution in [0.1, 0.15) is 16.7 Å². The lowest BCUT2D eigenvalue weighted by atomic mass is 9.45. The van der Waals surface area contributed by atoms with Gasteiger partial charge in [0.25, 0.3) is 0 Å². The number of para-hydroxylation sites is 2. The highest BCUT2D eigenvalue weighted by molar-refractivity contribution is 6.90. The van der Waals surface area contributed by atoms with Gasteiger partial charge in [0.1, 0.15) is 0 Å². The van der Waals surface area contributed by atoms with Crippen molar-refractivity contribution in [3.63, 3.8) is 0 Å². The molecule has 0 aliphatic carbocycles. The zero-order valence-electron chi connectivity index (χ0n) is 25.9. The van der Waals surface area contributed by atoms with Gasteiger partial charge in [-0.1, -0.05) is 84.4 Å². The Morgan fingerprint density at radius 3 is 2.22 bits per heavy atom. The fourth-order valence-electron chi connectivity index (χ4n) is 9.24. The molecule has 0 saturated carbocycles. The molecule has 9 aromatic rings. The highest BCUT2D eigenvalue weighted by atomic mass is 15.0. The number of benzene rings is 6. The number of pyridine rings is 1. The summed E-state index contributed by atoms with van der Waals surface area (Å²) in [4.78, 5) is 5.20. The first-order valence-corrected chi connectivity index (χ1v) is 16.2. The van der Waals surface area contributed by atoms with Crippen molar-refractivity contribution in [2.45, 2.75) is 20.8 Å². The van der Waals surface area contributed by atoms with Crippen LogP contribution < -0.4 is 10.9 Å². The number of hydrogen-bond acceptors (Lipinski definition) is 1. The van der Waals surface area contributed by atoms with Crippen LogP contribution in [0.2, 0.25) is 0 Å². The highest BCUT2D eigenvalue weighted by Gasteiger charge is 2.42. The predicted octanol–water partition coefficient (Wildman–Crippen LogP) is 8.98. The van der Waals surface area contributed by atoms with E-state index in [2.05, 4.69) is 139 Å². The van der Waals surface area contributed by atoms with Crippen molar-refractivity contribution >= 4 is 72.2 Å². The fourth-order valence-corrected chi connectivity index (χ4v) is 9.24. The third-order valence-corrected chi connectivity index (χ3v) is 10.8. The van der Waals surface area contributed by atoms with Crippen LogP contribution in [0, 0.1) is 20.8 Å². The van der Waals surface area contributed by atoms with E-state index >= 15 is 0 Å². The average Bonchev–Trinajstić information content (AvgIpc) is 3.58. The standard InChI is InChI=1S/C42H28BN3/c1-23-19-24(2)37(25(3)20-23)27-15-16-35-32(21-27)31-17-18-44-40-38-28-10-5-4-9-26(28)22-36-39(38)43(46(35)42(31)40)33-13-8-12-30-29-11-6-7-14-34(29)45(36)41(30)33/h4-22H,1-3H3. The Hall–Kier alpha value is -5.61. The van der Waals surface area contributed by atoms with Crippen LogP contribution in [0.5, 0.6) is 0 Å². The van der Waals surface area contributed by atoms with Crippen molar-refractivity contribution in [3.8, 4) is 28.1 Å². The molecule has 0 atom stereocenters. The number of hydrogen-bond donors (Lipinski definition) is 0. The molecule has 0 radical (unpaired) electrons. The minimum absolute atomic E-state index is 0.0283. The van der Waals surface area contributed by atoms with Crippen molar-refractivity contribution in [1.82, 2.24) is 14.0 Å². The molecule has 2 aliphatic rings. The molecular formula is C42H28BN3. The Balaban J connectivity index is 1.34. The zero-order chi connectivity index (χ0) is 30.4. The van der Waals surface area contributed by atoms with Gasteiger partial charge in [-0.15, -0.1) is 0 Å². The van der Waals surface area contributed by atoms with Gasteiger partial charge in [0.15, 0.2) is 0 Å². The predicted molar refractivity (Wildman–Crippen MR) is 195 cm³/mol. The minimum atomic E-state index is 0.0283. The summed E-state index contributed by atoms with van der Waals surface area (Å²) in [5.41, 5.74) is 17.9. The van der Waals surface area contributed by atoms with Crippen LogP contribution in [0.3, 0.4) is 0 Å². The molecular weight excluding hydrogens is 557 g/mol. The molecule has 6 aromatic carbocycles. The Bertz CT molecular complexity index is 2830. The van der Waals surface area contributed by atoms with E-state index in [1.165, 1.54) is 104 Å². The van der Waals surface area contributed by atoms with Crippen LogP contribution in [0.4, 0.5) is 0 Å². The van der Waals surface area contributed by atoms with Crippen molar-refractivity contribution in [3.05, 3.63) is 132 Å². The Morgan fingerprint density at radius 2 is 1.35 bits per heavy atom. The lowest BCUT2D eigenvalue weighted by Crippen LogP contribution is -2.55. The quantitative estimate of drug-likeness (QED) is 0.176. The molecule has 5 heterocycles. The largest absolute Gasteiger partial charge is 0.374 e. The Morgan fingerprint density at radius 1 is 0.587 bits per heavy atom. The molecule has 0 amide bonds. The zero-order valence-corrected chi connectivity index (χ0v) is 25.9. The molecule has 0 unspecified atom stereocenters. The van der Waals surface area contributed by atoms with E-state index in [0.717, 1.165) is 5.69 Å². The molecule has 2 aliphatic heterocycles. The summed E-state index contributed by atoms with van der Waals surface area (Å²) in [6.45, 7) is 6.69. The number of aromatic nitrogens is 3. The molecule has 4 heteroatoms. The van der Waals surface area contributed by atoms with Gasteiger partial charge in [-0.3, -0.25) is 4.98 Å². The summed E-state index contributed by atoms with van der Waals surface area (Å²) in [6, 6.07) is 41.0. The van der Waals surface area contributed by atoms with E-state index in [0.29, 0.717) is 0 Å². The maximum Gasteiger partial charge on any atom is 0.333 e. The monoisotopic (exact) mass is 585 g/mol. The van der Waals surface area contributed by atoms with Crippen LogP contribution >= 0.6 is 0 Å². The molecule has 0 N–H and O–H groups in total. The average molecular weight is 586 g/mol. The fraction of sp³-hybridized carbons (Fsp3) is 0.0714. The molecule has 214 valence electrons. The van der Waals surface area contributed by atoms with E-state index in [4.69, 9.17) is 4.98 Å². The maximum atomic E-state index is 5.20. The van der Waals surface area contributed by atoms with Crippen molar-refractivity contribution in [2.24, 2.45) is 0 Å². The van der Waals surface area contributed by atoms with Gasteiger partial charge in [0.2, 0.25) is 0 Å². The van der Waals surface area contributed by atoms with E-state index in [9.17, 15) is 0 Å². The third kappa shape index (κ3) is 2.84. The molecule has 0 bridgehead atoms. The maximum absolute atomic E-state index is 5.20. The summed E-state index contributed by atoms with van der Waals surface area (Å²) >= 11 is 0. The van der Waals surface area contributed by atoms with Gasteiger partial charge >= 0.3 is 6.85 Å². The topological polar surface area (TPSA) is 22.8 Å². The second-order valence-corrected chi connectivity index (χ2v) is 13.3. The van der Waals surface area contributed by atoms with Crippen LogP contribution in [0.15, 0.2) is 115 Å². The lowest BCUT2D eigenvalue weighted by Gasteiger charge is -2.34. The summed E-state index contributed by atoms with van der Waals surface area (Å²) in [7, 11) is 0. The summed E-state index contributed by atoms with van der Waals surface area (Å²) < 4.78 is 5.14. The summed E-state index contributed by atoms with van der Waals surface area (Å²) in [5.74, 6) is 0. The Labute approximate surface area is 266 Å². The number of fused-ring (bicyclic) bond motifs is 12. The molecule has 3 nitrogen and oxygen atoms in total. The molecule has 0 fully saturated rings. The highest BCUT2D eigenvalue weighted by Crippen LogP contribution is 2.45. The second kappa shape index (κ2) is 8.35. The second-order valence-electron chi connectivity index (χ2n) is 13.3. The first kappa shape index (κ1) is 24.7. The Kier molecular flexibility index (Phi) is 4.48. The van der Waals surface area contributed by atoms with Gasteiger partial charge in [0.05, 0.1) is 22.2 Å². The van der Waals surface area contributed by atoms with Crippen LogP contribution in [-0.4, -0.2) is 20.9 Å². The molecule has 46 heavy (non-hydrogen) atoms. The van der Waals surface area contributed by atoms with Crippen molar-refractivity contribution < 1.29 is 0 Å². The van der Waals surface area contributed by atoms with Gasteiger partial charge < -0.3 is 9.05 Å². The van der Waals surface area contributed by atoms with Crippen LogP contribution in [0.25, 0.3) is 82.5 Å². The number of rotatable bonds is 1. The lowest BCUT2D eigenvalue weighted by molar-refractivity contribution is 1.17. The van der Waals surface area contributed by atoms with Crippen molar-refractivity contribution in [2.75, 3.05) is 0 Å². The number of nitrogens with zero attached hydrogens (tertiary/aromatic N) is 3. The summed E-state index contributed by atoms with van der Waals surface area (Å²) in [5, 5.41) is 7.67. The normalized spacial score (nSPS) is 13.1. The van der Waals surface area contributed by atoms with E-state index < -0.39 is 0 Å².